The molecule has 8 heteroatoms. The molecule has 1 aromatic heterocycles. The zero-order chi connectivity index (χ0) is 15.4. The fourth-order valence-electron chi connectivity index (χ4n) is 1.55. The number of nitrogens with one attached hydrogen (secondary N) is 1. The van der Waals surface area contributed by atoms with Crippen LogP contribution < -0.4 is 10.1 Å². The van der Waals surface area contributed by atoms with Crippen molar-refractivity contribution in [3.8, 4) is 11.5 Å². The van der Waals surface area contributed by atoms with E-state index in [2.05, 4.69) is 26.2 Å². The van der Waals surface area contributed by atoms with Crippen LogP contribution in [0, 0.1) is 10.1 Å². The van der Waals surface area contributed by atoms with Gasteiger partial charge in [-0.1, -0.05) is 0 Å². The molecule has 1 aromatic carbocycles. The van der Waals surface area contributed by atoms with Gasteiger partial charge in [-0.2, -0.15) is 0 Å². The number of carbonyl (C=O) groups is 1. The third-order valence-corrected chi connectivity index (χ3v) is 2.92. The predicted octanol–water partition coefficient (Wildman–Crippen LogP) is 2.90. The second-order valence-corrected chi connectivity index (χ2v) is 4.76. The minimum absolute atomic E-state index is 0.0238. The summed E-state index contributed by atoms with van der Waals surface area (Å²) >= 11 is 3.19. The van der Waals surface area contributed by atoms with Crippen molar-refractivity contribution in [3.63, 3.8) is 0 Å². The topological polar surface area (TPSA) is 94.4 Å². The van der Waals surface area contributed by atoms with Crippen LogP contribution in [0.15, 0.2) is 41.0 Å². The van der Waals surface area contributed by atoms with Gasteiger partial charge in [-0.05, 0) is 28.1 Å². The second-order valence-electron chi connectivity index (χ2n) is 3.94. The fourth-order valence-corrected chi connectivity index (χ4v) is 1.97. The summed E-state index contributed by atoms with van der Waals surface area (Å²) in [4.78, 5) is 25.7. The minimum atomic E-state index is -0.490. The minimum Gasteiger partial charge on any atom is -0.457 e. The average Bonchev–Trinajstić information content (AvgIpc) is 2.46. The van der Waals surface area contributed by atoms with Crippen LogP contribution in [0.25, 0.3) is 0 Å². The number of carbonyl (C=O) groups excluding carboxylic acids is 1. The molecule has 0 bridgehead atoms. The third-order valence-electron chi connectivity index (χ3n) is 2.51. The first kappa shape index (κ1) is 14.9. The number of halogens is 1. The highest BCUT2D eigenvalue weighted by Gasteiger charge is 2.10. The summed E-state index contributed by atoms with van der Waals surface area (Å²) in [5.41, 5.74) is 0.174. The Bertz CT molecular complexity index is 688. The number of nitro benzene ring substituents is 1. The molecular formula is C13H10BrN3O4. The van der Waals surface area contributed by atoms with Crippen LogP contribution in [-0.2, 0) is 0 Å². The van der Waals surface area contributed by atoms with Crippen LogP contribution in [0.5, 0.6) is 11.5 Å². The van der Waals surface area contributed by atoms with Crippen LogP contribution >= 0.6 is 15.9 Å². The van der Waals surface area contributed by atoms with Gasteiger partial charge in [-0.15, -0.1) is 0 Å². The van der Waals surface area contributed by atoms with E-state index in [9.17, 15) is 14.9 Å². The summed E-state index contributed by atoms with van der Waals surface area (Å²) in [6, 6.07) is 8.70. The summed E-state index contributed by atoms with van der Waals surface area (Å²) < 4.78 is 6.00. The van der Waals surface area contributed by atoms with E-state index in [1.165, 1.54) is 37.4 Å². The van der Waals surface area contributed by atoms with Gasteiger partial charge in [0.1, 0.15) is 21.8 Å². The molecule has 0 unspecified atom stereocenters. The van der Waals surface area contributed by atoms with Gasteiger partial charge in [0.05, 0.1) is 4.92 Å². The number of non-ortho nitro benzene ring substituents is 1. The number of rotatable bonds is 4. The van der Waals surface area contributed by atoms with Gasteiger partial charge >= 0.3 is 0 Å². The molecule has 1 heterocycles. The Hall–Kier alpha value is -2.48. The monoisotopic (exact) mass is 351 g/mol. The Kier molecular flexibility index (Phi) is 4.49. The SMILES string of the molecule is CNC(=O)c1cc(Oc2ccc([N+](=O)[O-])cc2)cc(Br)n1. The summed E-state index contributed by atoms with van der Waals surface area (Å²) in [7, 11) is 1.50. The predicted molar refractivity (Wildman–Crippen MR) is 78.5 cm³/mol. The van der Waals surface area contributed by atoms with Crippen molar-refractivity contribution in [1.82, 2.24) is 10.3 Å². The maximum Gasteiger partial charge on any atom is 0.269 e. The lowest BCUT2D eigenvalue weighted by Gasteiger charge is -2.07. The maximum atomic E-state index is 11.6. The first-order valence-electron chi connectivity index (χ1n) is 5.81. The smallest absolute Gasteiger partial charge is 0.269 e. The Morgan fingerprint density at radius 3 is 2.52 bits per heavy atom. The summed E-state index contributed by atoms with van der Waals surface area (Å²) in [6.07, 6.45) is 0. The summed E-state index contributed by atoms with van der Waals surface area (Å²) in [6.45, 7) is 0. The lowest BCUT2D eigenvalue weighted by atomic mass is 10.3. The molecule has 0 saturated carbocycles. The molecule has 21 heavy (non-hydrogen) atoms. The Balaban J connectivity index is 2.24. The molecule has 0 radical (unpaired) electrons. The van der Waals surface area contributed by atoms with Gasteiger partial charge in [0.25, 0.3) is 11.6 Å². The molecule has 7 nitrogen and oxygen atoms in total. The molecule has 1 amide bonds. The molecule has 0 spiro atoms. The van der Waals surface area contributed by atoms with Crippen LogP contribution in [0.3, 0.4) is 0 Å². The average molecular weight is 352 g/mol. The number of pyridine rings is 1. The van der Waals surface area contributed by atoms with Crippen molar-refractivity contribution in [2.45, 2.75) is 0 Å². The zero-order valence-corrected chi connectivity index (χ0v) is 12.5. The highest BCUT2D eigenvalue weighted by molar-refractivity contribution is 9.10. The molecule has 0 aliphatic carbocycles. The summed E-state index contributed by atoms with van der Waals surface area (Å²) in [5.74, 6) is 0.468. The molecule has 0 saturated heterocycles. The van der Waals surface area contributed by atoms with Crippen molar-refractivity contribution in [2.75, 3.05) is 7.05 Å². The van der Waals surface area contributed by atoms with E-state index < -0.39 is 4.92 Å². The lowest BCUT2D eigenvalue weighted by Crippen LogP contribution is -2.19. The number of ether oxygens (including phenoxy) is 1. The van der Waals surface area contributed by atoms with Crippen LogP contribution in [0.4, 0.5) is 5.69 Å². The van der Waals surface area contributed by atoms with E-state index in [0.29, 0.717) is 16.1 Å². The largest absolute Gasteiger partial charge is 0.457 e. The molecule has 108 valence electrons. The van der Waals surface area contributed by atoms with Crippen molar-refractivity contribution in [2.24, 2.45) is 0 Å². The molecule has 0 aliphatic heterocycles. The lowest BCUT2D eigenvalue weighted by molar-refractivity contribution is -0.384. The number of hydrogen-bond acceptors (Lipinski definition) is 5. The van der Waals surface area contributed by atoms with Gasteiger partial charge < -0.3 is 10.1 Å². The number of amides is 1. The fraction of sp³-hybridized carbons (Fsp3) is 0.0769. The second kappa shape index (κ2) is 6.31. The van der Waals surface area contributed by atoms with Crippen molar-refractivity contribution in [3.05, 3.63) is 56.8 Å². The number of benzene rings is 1. The third kappa shape index (κ3) is 3.76. The van der Waals surface area contributed by atoms with E-state index in [4.69, 9.17) is 4.74 Å². The Labute approximate surface area is 128 Å². The molecule has 2 aromatic rings. The highest BCUT2D eigenvalue weighted by atomic mass is 79.9. The van der Waals surface area contributed by atoms with Crippen molar-refractivity contribution < 1.29 is 14.5 Å². The first-order chi connectivity index (χ1) is 9.99. The van der Waals surface area contributed by atoms with Gasteiger partial charge in [0.15, 0.2) is 0 Å². The zero-order valence-electron chi connectivity index (χ0n) is 10.9. The number of hydrogen-bond donors (Lipinski definition) is 1. The van der Waals surface area contributed by atoms with Crippen molar-refractivity contribution >= 4 is 27.5 Å². The van der Waals surface area contributed by atoms with Gasteiger partial charge in [-0.25, -0.2) is 4.98 Å². The van der Waals surface area contributed by atoms with E-state index in [0.717, 1.165) is 0 Å². The van der Waals surface area contributed by atoms with Gasteiger partial charge in [-0.3, -0.25) is 14.9 Å². The number of nitrogens with zero attached hydrogens (tertiary/aromatic N) is 2. The Morgan fingerprint density at radius 1 is 1.29 bits per heavy atom. The number of aromatic nitrogens is 1. The molecular weight excluding hydrogens is 342 g/mol. The highest BCUT2D eigenvalue weighted by Crippen LogP contribution is 2.26. The van der Waals surface area contributed by atoms with E-state index in [1.54, 1.807) is 6.07 Å². The first-order valence-corrected chi connectivity index (χ1v) is 6.61. The maximum absolute atomic E-state index is 11.6. The van der Waals surface area contributed by atoms with E-state index in [-0.39, 0.29) is 17.3 Å². The number of nitro groups is 1. The quantitative estimate of drug-likeness (QED) is 0.519. The van der Waals surface area contributed by atoms with Gasteiger partial charge in [0, 0.05) is 31.3 Å². The van der Waals surface area contributed by atoms with Crippen molar-refractivity contribution in [1.29, 1.82) is 0 Å². The molecule has 1 N–H and O–H groups in total. The van der Waals surface area contributed by atoms with Crippen LogP contribution in [0.2, 0.25) is 0 Å². The van der Waals surface area contributed by atoms with Gasteiger partial charge in [0.2, 0.25) is 0 Å². The standard InChI is InChI=1S/C13H10BrN3O4/c1-15-13(18)11-6-10(7-12(14)16-11)21-9-4-2-8(3-5-9)17(19)20/h2-7H,1H3,(H,15,18). The molecule has 0 fully saturated rings. The normalized spacial score (nSPS) is 10.0. The van der Waals surface area contributed by atoms with E-state index >= 15 is 0 Å². The van der Waals surface area contributed by atoms with Crippen LogP contribution in [0.1, 0.15) is 10.5 Å². The van der Waals surface area contributed by atoms with Crippen LogP contribution in [-0.4, -0.2) is 22.9 Å². The molecule has 0 aliphatic rings. The molecule has 0 atom stereocenters. The summed E-state index contributed by atoms with van der Waals surface area (Å²) in [5, 5.41) is 13.0. The Morgan fingerprint density at radius 2 is 1.95 bits per heavy atom. The van der Waals surface area contributed by atoms with E-state index in [1.807, 2.05) is 0 Å². The molecule has 2 rings (SSSR count).